The summed E-state index contributed by atoms with van der Waals surface area (Å²) in [6.45, 7) is 0.0587. The second kappa shape index (κ2) is 6.11. The van der Waals surface area contributed by atoms with Crippen LogP contribution < -0.4 is 5.14 Å². The van der Waals surface area contributed by atoms with Crippen molar-refractivity contribution in [1.29, 1.82) is 0 Å². The van der Waals surface area contributed by atoms with Crippen LogP contribution in [-0.2, 0) is 10.0 Å². The Morgan fingerprint density at radius 1 is 1.06 bits per heavy atom. The van der Waals surface area contributed by atoms with Gasteiger partial charge in [-0.2, -0.15) is 0 Å². The number of benzene rings is 1. The average Bonchev–Trinajstić information content (AvgIpc) is 2.28. The number of sulfonamides is 1. The van der Waals surface area contributed by atoms with Crippen molar-refractivity contribution in [3.05, 3.63) is 29.8 Å². The van der Waals surface area contributed by atoms with Gasteiger partial charge in [-0.3, -0.25) is 0 Å². The van der Waals surface area contributed by atoms with E-state index in [1.54, 1.807) is 12.1 Å². The van der Waals surface area contributed by atoms with E-state index in [1.807, 2.05) is 0 Å². The van der Waals surface area contributed by atoms with Gasteiger partial charge in [0.1, 0.15) is 0 Å². The van der Waals surface area contributed by atoms with Crippen molar-refractivity contribution >= 4 is 10.0 Å². The van der Waals surface area contributed by atoms with Gasteiger partial charge in [0.2, 0.25) is 10.0 Å². The molecule has 1 aromatic carbocycles. The molecule has 96 valence electrons. The van der Waals surface area contributed by atoms with Crippen molar-refractivity contribution < 1.29 is 18.6 Å². The molecule has 17 heavy (non-hydrogen) atoms. The Kier molecular flexibility index (Phi) is 5.07. The first-order chi connectivity index (χ1) is 7.99. The molecule has 0 amide bonds. The van der Waals surface area contributed by atoms with Gasteiger partial charge in [-0.1, -0.05) is 12.1 Å². The molecule has 1 rings (SSSR count). The fourth-order valence-corrected chi connectivity index (χ4v) is 2.23. The van der Waals surface area contributed by atoms with E-state index >= 15 is 0 Å². The number of hydrogen-bond acceptors (Lipinski definition) is 4. The molecule has 0 fully saturated rings. The largest absolute Gasteiger partial charge is 0.396 e. The predicted molar refractivity (Wildman–Crippen MR) is 64.0 cm³/mol. The maximum Gasteiger partial charge on any atom is 0.238 e. The van der Waals surface area contributed by atoms with E-state index in [4.69, 9.17) is 15.4 Å². The van der Waals surface area contributed by atoms with Crippen LogP contribution in [0.25, 0.3) is 0 Å². The van der Waals surface area contributed by atoms with Gasteiger partial charge < -0.3 is 10.2 Å². The van der Waals surface area contributed by atoms with E-state index in [0.29, 0.717) is 12.8 Å². The monoisotopic (exact) mass is 259 g/mol. The van der Waals surface area contributed by atoms with E-state index in [9.17, 15) is 8.42 Å². The van der Waals surface area contributed by atoms with Gasteiger partial charge in [0.25, 0.3) is 0 Å². The Hall–Kier alpha value is -0.950. The van der Waals surface area contributed by atoms with Gasteiger partial charge in [-0.15, -0.1) is 0 Å². The van der Waals surface area contributed by atoms with Crippen LogP contribution in [0.1, 0.15) is 24.3 Å². The number of rotatable bonds is 6. The summed E-state index contributed by atoms with van der Waals surface area (Å²) in [5.41, 5.74) is 0.889. The Bertz CT molecular complexity index is 435. The molecule has 0 bridgehead atoms. The van der Waals surface area contributed by atoms with Crippen molar-refractivity contribution in [2.45, 2.75) is 23.7 Å². The fourth-order valence-electron chi connectivity index (χ4n) is 1.72. The molecule has 0 heterocycles. The highest BCUT2D eigenvalue weighted by Crippen LogP contribution is 2.23. The van der Waals surface area contributed by atoms with Gasteiger partial charge in [0.15, 0.2) is 0 Å². The lowest BCUT2D eigenvalue weighted by molar-refractivity contribution is 0.242. The second-order valence-corrected chi connectivity index (χ2v) is 5.40. The van der Waals surface area contributed by atoms with E-state index in [1.165, 1.54) is 12.1 Å². The van der Waals surface area contributed by atoms with E-state index in [-0.39, 0.29) is 24.0 Å². The molecule has 0 radical (unpaired) electrons. The summed E-state index contributed by atoms with van der Waals surface area (Å²) in [5, 5.41) is 22.8. The van der Waals surface area contributed by atoms with Gasteiger partial charge in [-0.25, -0.2) is 13.6 Å². The third-order valence-electron chi connectivity index (χ3n) is 2.64. The highest BCUT2D eigenvalue weighted by molar-refractivity contribution is 7.89. The minimum atomic E-state index is -3.67. The number of aliphatic hydroxyl groups excluding tert-OH is 2. The molecule has 0 unspecified atom stereocenters. The van der Waals surface area contributed by atoms with Crippen molar-refractivity contribution in [3.63, 3.8) is 0 Å². The standard InChI is InChI=1S/C11H17NO4S/c12-17(15,16)11-3-1-9(2-4-11)10(5-7-13)6-8-14/h1-4,10,13-14H,5-8H2,(H2,12,15,16). The quantitative estimate of drug-likeness (QED) is 0.678. The summed E-state index contributed by atoms with van der Waals surface area (Å²) in [6, 6.07) is 6.20. The van der Waals surface area contributed by atoms with Gasteiger partial charge in [-0.05, 0) is 36.5 Å². The number of nitrogens with two attached hydrogens (primary N) is 1. The maximum absolute atomic E-state index is 11.1. The van der Waals surface area contributed by atoms with Crippen LogP contribution in [0, 0.1) is 0 Å². The van der Waals surface area contributed by atoms with Crippen molar-refractivity contribution in [3.8, 4) is 0 Å². The molecule has 0 aliphatic rings. The van der Waals surface area contributed by atoms with Gasteiger partial charge >= 0.3 is 0 Å². The number of hydrogen-bond donors (Lipinski definition) is 3. The molecular formula is C11H17NO4S. The van der Waals surface area contributed by atoms with Gasteiger partial charge in [0, 0.05) is 13.2 Å². The van der Waals surface area contributed by atoms with E-state index in [2.05, 4.69) is 0 Å². The minimum Gasteiger partial charge on any atom is -0.396 e. The highest BCUT2D eigenvalue weighted by Gasteiger charge is 2.12. The third-order valence-corrected chi connectivity index (χ3v) is 3.56. The van der Waals surface area contributed by atoms with Crippen molar-refractivity contribution in [1.82, 2.24) is 0 Å². The molecule has 1 aromatic rings. The zero-order valence-electron chi connectivity index (χ0n) is 9.41. The summed E-state index contributed by atoms with van der Waals surface area (Å²) in [7, 11) is -3.67. The first-order valence-corrected chi connectivity index (χ1v) is 6.88. The summed E-state index contributed by atoms with van der Waals surface area (Å²) in [6.07, 6.45) is 1.07. The fraction of sp³-hybridized carbons (Fsp3) is 0.455. The maximum atomic E-state index is 11.1. The Labute approximate surface area is 101 Å². The van der Waals surface area contributed by atoms with Crippen LogP contribution in [-0.4, -0.2) is 31.8 Å². The highest BCUT2D eigenvalue weighted by atomic mass is 32.2. The molecule has 6 heteroatoms. The normalized spacial score (nSPS) is 12.0. The smallest absolute Gasteiger partial charge is 0.238 e. The van der Waals surface area contributed by atoms with Crippen molar-refractivity contribution in [2.75, 3.05) is 13.2 Å². The van der Waals surface area contributed by atoms with Crippen LogP contribution in [0.2, 0.25) is 0 Å². The van der Waals surface area contributed by atoms with Crippen LogP contribution >= 0.6 is 0 Å². The molecule has 0 saturated carbocycles. The summed E-state index contributed by atoms with van der Waals surface area (Å²) in [5.74, 6) is 0.0273. The zero-order chi connectivity index (χ0) is 12.9. The number of primary sulfonamides is 1. The lowest BCUT2D eigenvalue weighted by Gasteiger charge is -2.15. The lowest BCUT2D eigenvalue weighted by atomic mass is 9.93. The molecule has 0 saturated heterocycles. The first-order valence-electron chi connectivity index (χ1n) is 5.33. The molecule has 0 aliphatic carbocycles. The molecule has 0 atom stereocenters. The minimum absolute atomic E-state index is 0.0273. The van der Waals surface area contributed by atoms with Crippen LogP contribution in [0.4, 0.5) is 0 Å². The number of aliphatic hydroxyl groups is 2. The molecule has 0 aromatic heterocycles. The van der Waals surface area contributed by atoms with Crippen LogP contribution in [0.5, 0.6) is 0 Å². The average molecular weight is 259 g/mol. The summed E-state index contributed by atoms with van der Waals surface area (Å²) >= 11 is 0. The molecule has 4 N–H and O–H groups in total. The molecular weight excluding hydrogens is 242 g/mol. The Balaban J connectivity index is 2.91. The summed E-state index contributed by atoms with van der Waals surface area (Å²) in [4.78, 5) is 0.0630. The first kappa shape index (κ1) is 14.1. The van der Waals surface area contributed by atoms with E-state index < -0.39 is 10.0 Å². The molecule has 0 spiro atoms. The van der Waals surface area contributed by atoms with Crippen LogP contribution in [0.15, 0.2) is 29.2 Å². The molecule has 0 aliphatic heterocycles. The Morgan fingerprint density at radius 2 is 1.53 bits per heavy atom. The van der Waals surface area contributed by atoms with Crippen LogP contribution in [0.3, 0.4) is 0 Å². The second-order valence-electron chi connectivity index (χ2n) is 3.84. The van der Waals surface area contributed by atoms with Gasteiger partial charge in [0.05, 0.1) is 4.90 Å². The predicted octanol–water partition coefficient (Wildman–Crippen LogP) is 0.182. The third kappa shape index (κ3) is 4.08. The Morgan fingerprint density at radius 3 is 1.88 bits per heavy atom. The lowest BCUT2D eigenvalue weighted by Crippen LogP contribution is -2.12. The summed E-state index contributed by atoms with van der Waals surface area (Å²) < 4.78 is 22.1. The molecule has 5 nitrogen and oxygen atoms in total. The zero-order valence-corrected chi connectivity index (χ0v) is 10.2. The van der Waals surface area contributed by atoms with E-state index in [0.717, 1.165) is 5.56 Å². The SMILES string of the molecule is NS(=O)(=O)c1ccc(C(CCO)CCO)cc1. The van der Waals surface area contributed by atoms with Crippen molar-refractivity contribution in [2.24, 2.45) is 5.14 Å². The topological polar surface area (TPSA) is 101 Å².